The summed E-state index contributed by atoms with van der Waals surface area (Å²) in [5, 5.41) is 10.5. The number of rotatable bonds is 0. The summed E-state index contributed by atoms with van der Waals surface area (Å²) in [7, 11) is 10.5. The molecule has 0 heterocycles. The zero-order valence-electron chi connectivity index (χ0n) is 12.4. The zero-order valence-corrected chi connectivity index (χ0v) is 14.8. The topological polar surface area (TPSA) is 42.3 Å². The Kier molecular flexibility index (Phi) is 84.2. The second kappa shape index (κ2) is 44.7. The van der Waals surface area contributed by atoms with Crippen molar-refractivity contribution in [3.63, 3.8) is 0 Å². The van der Waals surface area contributed by atoms with Crippen molar-refractivity contribution in [3.8, 4) is 0 Å². The molecule has 0 aromatic rings. The molecule has 0 bridgehead atoms. The van der Waals surface area contributed by atoms with Gasteiger partial charge in [0.1, 0.15) is 0 Å². The van der Waals surface area contributed by atoms with Gasteiger partial charge in [-0.1, -0.05) is 32.1 Å². The predicted octanol–water partition coefficient (Wildman–Crippen LogP) is 4.26. The van der Waals surface area contributed by atoms with Crippen molar-refractivity contribution >= 4 is 0 Å². The van der Waals surface area contributed by atoms with Crippen molar-refractivity contribution in [2.45, 2.75) is 32.1 Å². The molecule has 3 nitrogen and oxygen atoms in total. The average molecular weight is 309 g/mol. The first-order valence-electron chi connectivity index (χ1n) is 5.18. The molecule has 1 rings (SSSR count). The van der Waals surface area contributed by atoms with Crippen LogP contribution in [0.3, 0.4) is 0 Å². The van der Waals surface area contributed by atoms with Gasteiger partial charge in [-0.25, -0.2) is 0 Å². The molecule has 0 aromatic carbocycles. The SMILES string of the molecule is C1CCCC1.C[N-]C.C[N-]C.C[N-]C.[CH3-].[Zr+4]. The van der Waals surface area contributed by atoms with E-state index in [4.69, 9.17) is 0 Å². The fraction of sp³-hybridized carbons (Fsp3) is 0.917. The summed E-state index contributed by atoms with van der Waals surface area (Å²) in [6.45, 7) is 0. The van der Waals surface area contributed by atoms with Crippen LogP contribution in [-0.4, -0.2) is 42.3 Å². The molecule has 0 saturated heterocycles. The van der Waals surface area contributed by atoms with Crippen molar-refractivity contribution in [2.75, 3.05) is 42.3 Å². The Morgan fingerprint density at radius 1 is 0.500 bits per heavy atom. The van der Waals surface area contributed by atoms with Crippen LogP contribution in [0.1, 0.15) is 32.1 Å². The minimum Gasteiger partial charge on any atom is -0.668 e. The zero-order chi connectivity index (χ0) is 11.7. The summed E-state index contributed by atoms with van der Waals surface area (Å²) < 4.78 is 0. The second-order valence-electron chi connectivity index (χ2n) is 3.11. The number of hydrogen-bond acceptors (Lipinski definition) is 0. The molecule has 4 heteroatoms. The van der Waals surface area contributed by atoms with Gasteiger partial charge < -0.3 is 23.4 Å². The largest absolute Gasteiger partial charge is 4.00 e. The van der Waals surface area contributed by atoms with Crippen LogP contribution in [-0.2, 0) is 26.2 Å². The van der Waals surface area contributed by atoms with Crippen LogP contribution in [0.15, 0.2) is 0 Å². The molecule has 0 spiro atoms. The maximum absolute atomic E-state index is 3.50. The monoisotopic (exact) mass is 307 g/mol. The van der Waals surface area contributed by atoms with E-state index in [-0.39, 0.29) is 33.6 Å². The summed E-state index contributed by atoms with van der Waals surface area (Å²) in [5.41, 5.74) is 0. The van der Waals surface area contributed by atoms with Crippen LogP contribution in [0.5, 0.6) is 0 Å². The Hall–Kier alpha value is 0.763. The normalized spacial score (nSPS) is 10.9. The maximum Gasteiger partial charge on any atom is 4.00 e. The van der Waals surface area contributed by atoms with Crippen LogP contribution in [0, 0.1) is 7.43 Å². The van der Waals surface area contributed by atoms with Crippen LogP contribution in [0.25, 0.3) is 16.0 Å². The molecule has 1 saturated carbocycles. The van der Waals surface area contributed by atoms with E-state index in [1.807, 2.05) is 0 Å². The molecule has 0 unspecified atom stereocenters. The summed E-state index contributed by atoms with van der Waals surface area (Å²) in [5.74, 6) is 0. The van der Waals surface area contributed by atoms with Crippen molar-refractivity contribution in [1.82, 2.24) is 0 Å². The maximum atomic E-state index is 3.50. The number of hydrogen-bond donors (Lipinski definition) is 0. The van der Waals surface area contributed by atoms with E-state index in [0.717, 1.165) is 0 Å². The van der Waals surface area contributed by atoms with Gasteiger partial charge in [-0.3, -0.25) is 0 Å². The van der Waals surface area contributed by atoms with E-state index in [1.54, 1.807) is 42.3 Å². The second-order valence-corrected chi connectivity index (χ2v) is 3.11. The number of nitrogens with zero attached hydrogens (tertiary/aromatic N) is 3. The molecule has 0 amide bonds. The van der Waals surface area contributed by atoms with Gasteiger partial charge in [0, 0.05) is 0 Å². The summed E-state index contributed by atoms with van der Waals surface area (Å²) in [6, 6.07) is 0. The minimum atomic E-state index is 0. The summed E-state index contributed by atoms with van der Waals surface area (Å²) >= 11 is 0. The van der Waals surface area contributed by atoms with E-state index < -0.39 is 0 Å². The third kappa shape index (κ3) is 84.2. The predicted molar refractivity (Wildman–Crippen MR) is 75.1 cm³/mol. The molecule has 98 valence electrons. The van der Waals surface area contributed by atoms with Crippen molar-refractivity contribution < 1.29 is 26.2 Å². The van der Waals surface area contributed by atoms with Crippen LogP contribution in [0.4, 0.5) is 0 Å². The molecule has 0 N–H and O–H groups in total. The Labute approximate surface area is 124 Å². The molecule has 1 aliphatic rings. The van der Waals surface area contributed by atoms with Gasteiger partial charge >= 0.3 is 26.2 Å². The fourth-order valence-electron chi connectivity index (χ4n) is 0.884. The van der Waals surface area contributed by atoms with E-state index in [0.29, 0.717) is 0 Å². The molecule has 16 heavy (non-hydrogen) atoms. The van der Waals surface area contributed by atoms with Crippen LogP contribution < -0.4 is 0 Å². The third-order valence-electron chi connectivity index (χ3n) is 1.25. The Bertz CT molecular complexity index is 47.9. The van der Waals surface area contributed by atoms with Crippen molar-refractivity contribution in [2.24, 2.45) is 0 Å². The Morgan fingerprint density at radius 3 is 0.625 bits per heavy atom. The van der Waals surface area contributed by atoms with E-state index in [9.17, 15) is 0 Å². The molecular weight excluding hydrogens is 277 g/mol. The minimum absolute atomic E-state index is 0. The fourth-order valence-corrected chi connectivity index (χ4v) is 0.884. The first-order chi connectivity index (χ1) is 6.74. The van der Waals surface area contributed by atoms with Gasteiger partial charge in [0.05, 0.1) is 0 Å². The molecule has 0 radical (unpaired) electrons. The molecular formula is C12H31N3Zr. The van der Waals surface area contributed by atoms with E-state index in [2.05, 4.69) is 16.0 Å². The van der Waals surface area contributed by atoms with Crippen LogP contribution in [0.2, 0.25) is 0 Å². The van der Waals surface area contributed by atoms with Gasteiger partial charge in [-0.2, -0.15) is 42.3 Å². The quantitative estimate of drug-likeness (QED) is 0.600. The van der Waals surface area contributed by atoms with Crippen molar-refractivity contribution in [3.05, 3.63) is 23.4 Å². The van der Waals surface area contributed by atoms with E-state index in [1.165, 1.54) is 32.1 Å². The van der Waals surface area contributed by atoms with Crippen LogP contribution >= 0.6 is 0 Å². The standard InChI is InChI=1S/C5H10.3C2H6N.CH3.Zr/c1-2-4-5-3-1;3*1-3-2;;/h1-5H2;3*1-2H3;1H3;/q;4*-1;+4. The average Bonchev–Trinajstić information content (AvgIpc) is 2.63. The third-order valence-corrected chi connectivity index (χ3v) is 1.25. The Morgan fingerprint density at radius 2 is 0.562 bits per heavy atom. The molecule has 0 aliphatic heterocycles. The molecule has 0 atom stereocenters. The molecule has 0 aromatic heterocycles. The first kappa shape index (κ1) is 30.1. The Balaban J connectivity index is -0.0000000336. The smallest absolute Gasteiger partial charge is 0.668 e. The van der Waals surface area contributed by atoms with Gasteiger partial charge in [0.25, 0.3) is 0 Å². The van der Waals surface area contributed by atoms with Crippen molar-refractivity contribution in [1.29, 1.82) is 0 Å². The van der Waals surface area contributed by atoms with Gasteiger partial charge in [-0.15, -0.1) is 0 Å². The summed E-state index contributed by atoms with van der Waals surface area (Å²) in [6.07, 6.45) is 7.50. The molecule has 1 aliphatic carbocycles. The molecule has 1 fully saturated rings. The summed E-state index contributed by atoms with van der Waals surface area (Å²) in [4.78, 5) is 0. The van der Waals surface area contributed by atoms with Gasteiger partial charge in [0.15, 0.2) is 0 Å². The van der Waals surface area contributed by atoms with Gasteiger partial charge in [0.2, 0.25) is 0 Å². The first-order valence-corrected chi connectivity index (χ1v) is 5.18. The van der Waals surface area contributed by atoms with Gasteiger partial charge in [-0.05, 0) is 0 Å². The van der Waals surface area contributed by atoms with E-state index >= 15 is 0 Å².